The lowest BCUT2D eigenvalue weighted by Crippen LogP contribution is -2.30. The first-order valence-electron chi connectivity index (χ1n) is 8.19. The molecule has 1 aromatic carbocycles. The largest absolute Gasteiger partial charge is 0.481 e. The molecule has 0 saturated heterocycles. The van der Waals surface area contributed by atoms with Crippen molar-refractivity contribution in [3.8, 4) is 0 Å². The van der Waals surface area contributed by atoms with Crippen LogP contribution in [-0.2, 0) is 25.5 Å². The maximum atomic E-state index is 12.5. The van der Waals surface area contributed by atoms with Crippen LogP contribution in [0.1, 0.15) is 39.2 Å². The fraction of sp³-hybridized carbons (Fsp3) is 0.421. The Morgan fingerprint density at radius 1 is 1.28 bits per heavy atom. The Kier molecular flexibility index (Phi) is 5.62. The molecule has 0 spiro atoms. The molecular weight excluding hydrogens is 322 g/mol. The smallest absolute Gasteiger partial charge is 0.309 e. The zero-order valence-corrected chi connectivity index (χ0v) is 14.7. The van der Waals surface area contributed by atoms with Gasteiger partial charge in [0, 0.05) is 18.0 Å². The summed E-state index contributed by atoms with van der Waals surface area (Å²) < 4.78 is 6.91. The number of benzene rings is 1. The normalized spacial score (nSPS) is 12.8. The summed E-state index contributed by atoms with van der Waals surface area (Å²) >= 11 is 0. The fourth-order valence-electron chi connectivity index (χ4n) is 2.78. The van der Waals surface area contributed by atoms with E-state index in [1.807, 2.05) is 24.3 Å². The number of aliphatic carboxylic acids is 1. The summed E-state index contributed by atoms with van der Waals surface area (Å²) in [6.07, 6.45) is 2.80. The second-order valence-corrected chi connectivity index (χ2v) is 7.05. The van der Waals surface area contributed by atoms with Crippen LogP contribution in [0.25, 0.3) is 10.9 Å². The molecule has 0 amide bonds. The second kappa shape index (κ2) is 7.51. The minimum Gasteiger partial charge on any atom is -0.481 e. The third-order valence-corrected chi connectivity index (χ3v) is 3.85. The molecule has 2 rings (SSSR count). The van der Waals surface area contributed by atoms with Gasteiger partial charge in [-0.15, -0.1) is 0 Å². The van der Waals surface area contributed by atoms with Crippen molar-refractivity contribution in [2.45, 2.75) is 45.6 Å². The van der Waals surface area contributed by atoms with E-state index in [9.17, 15) is 14.4 Å². The number of rotatable bonds is 7. The molecule has 0 aliphatic heterocycles. The minimum absolute atomic E-state index is 0.115. The van der Waals surface area contributed by atoms with Crippen molar-refractivity contribution in [1.29, 1.82) is 0 Å². The predicted octanol–water partition coefficient (Wildman–Crippen LogP) is 3.04. The van der Waals surface area contributed by atoms with Crippen LogP contribution < -0.4 is 0 Å². The van der Waals surface area contributed by atoms with Crippen molar-refractivity contribution in [3.05, 3.63) is 36.0 Å². The average molecular weight is 345 g/mol. The van der Waals surface area contributed by atoms with E-state index >= 15 is 0 Å². The van der Waals surface area contributed by atoms with Crippen LogP contribution in [-0.4, -0.2) is 33.6 Å². The van der Waals surface area contributed by atoms with Crippen LogP contribution in [0.4, 0.5) is 0 Å². The van der Waals surface area contributed by atoms with Gasteiger partial charge < -0.3 is 9.84 Å². The van der Waals surface area contributed by atoms with Gasteiger partial charge in [-0.1, -0.05) is 18.2 Å². The SMILES string of the molecule is CC(C)(C)OC(=O)C(CCC(=O)O)Cc1cn(C=O)c2ccccc12. The zero-order valence-electron chi connectivity index (χ0n) is 14.7. The highest BCUT2D eigenvalue weighted by Crippen LogP contribution is 2.26. The number of hydrogen-bond acceptors (Lipinski definition) is 4. The molecule has 0 bridgehead atoms. The molecule has 0 radical (unpaired) electrons. The lowest BCUT2D eigenvalue weighted by Gasteiger charge is -2.23. The molecule has 1 heterocycles. The van der Waals surface area contributed by atoms with Crippen molar-refractivity contribution in [2.24, 2.45) is 5.92 Å². The number of esters is 1. The van der Waals surface area contributed by atoms with E-state index in [0.29, 0.717) is 12.8 Å². The lowest BCUT2D eigenvalue weighted by molar-refractivity contribution is -0.160. The fourth-order valence-corrected chi connectivity index (χ4v) is 2.78. The third-order valence-electron chi connectivity index (χ3n) is 3.85. The Balaban J connectivity index is 2.31. The number of fused-ring (bicyclic) bond motifs is 1. The molecule has 0 fully saturated rings. The van der Waals surface area contributed by atoms with Crippen LogP contribution >= 0.6 is 0 Å². The number of ether oxygens (including phenoxy) is 1. The summed E-state index contributed by atoms with van der Waals surface area (Å²) in [7, 11) is 0. The summed E-state index contributed by atoms with van der Waals surface area (Å²) in [5.41, 5.74) is 0.938. The highest BCUT2D eigenvalue weighted by molar-refractivity contribution is 5.89. The number of para-hydroxylation sites is 1. The summed E-state index contributed by atoms with van der Waals surface area (Å²) in [5, 5.41) is 9.83. The van der Waals surface area contributed by atoms with Crippen LogP contribution in [0.15, 0.2) is 30.5 Å². The first kappa shape index (κ1) is 18.7. The molecule has 1 atom stereocenters. The molecule has 0 aliphatic rings. The van der Waals surface area contributed by atoms with Gasteiger partial charge in [-0.2, -0.15) is 0 Å². The Labute approximate surface area is 146 Å². The van der Waals surface area contributed by atoms with Gasteiger partial charge in [-0.05, 0) is 45.2 Å². The molecule has 25 heavy (non-hydrogen) atoms. The molecular formula is C19H23NO5. The molecule has 6 heteroatoms. The Bertz CT molecular complexity index is 785. The number of nitrogens with zero attached hydrogens (tertiary/aromatic N) is 1. The monoisotopic (exact) mass is 345 g/mol. The van der Waals surface area contributed by atoms with Gasteiger partial charge >= 0.3 is 11.9 Å². The minimum atomic E-state index is -0.955. The van der Waals surface area contributed by atoms with Crippen molar-refractivity contribution in [1.82, 2.24) is 4.57 Å². The molecule has 1 unspecified atom stereocenters. The average Bonchev–Trinajstić information content (AvgIpc) is 2.87. The first-order valence-corrected chi connectivity index (χ1v) is 8.19. The molecule has 6 nitrogen and oxygen atoms in total. The van der Waals surface area contributed by atoms with Crippen molar-refractivity contribution >= 4 is 29.3 Å². The number of carbonyl (C=O) groups excluding carboxylic acids is 2. The van der Waals surface area contributed by atoms with Crippen LogP contribution in [0.3, 0.4) is 0 Å². The Hall–Kier alpha value is -2.63. The predicted molar refractivity (Wildman–Crippen MR) is 94.0 cm³/mol. The number of carboxylic acid groups (broad SMARTS) is 1. The van der Waals surface area contributed by atoms with E-state index in [1.54, 1.807) is 27.0 Å². The van der Waals surface area contributed by atoms with Gasteiger partial charge in [0.1, 0.15) is 5.60 Å². The van der Waals surface area contributed by atoms with E-state index in [1.165, 1.54) is 4.57 Å². The van der Waals surface area contributed by atoms with E-state index < -0.39 is 23.5 Å². The Morgan fingerprint density at radius 2 is 1.96 bits per heavy atom. The van der Waals surface area contributed by atoms with E-state index in [4.69, 9.17) is 9.84 Å². The van der Waals surface area contributed by atoms with Gasteiger partial charge in [0.05, 0.1) is 11.4 Å². The molecule has 134 valence electrons. The van der Waals surface area contributed by atoms with E-state index in [-0.39, 0.29) is 12.8 Å². The molecule has 0 aliphatic carbocycles. The summed E-state index contributed by atoms with van der Waals surface area (Å²) in [6.45, 7) is 5.33. The zero-order chi connectivity index (χ0) is 18.6. The third kappa shape index (κ3) is 4.92. The lowest BCUT2D eigenvalue weighted by atomic mass is 9.94. The van der Waals surface area contributed by atoms with Gasteiger partial charge in [0.2, 0.25) is 6.41 Å². The van der Waals surface area contributed by atoms with Gasteiger partial charge in [0.15, 0.2) is 0 Å². The van der Waals surface area contributed by atoms with E-state index in [2.05, 4.69) is 0 Å². The topological polar surface area (TPSA) is 85.6 Å². The second-order valence-electron chi connectivity index (χ2n) is 7.05. The van der Waals surface area contributed by atoms with Crippen molar-refractivity contribution < 1.29 is 24.2 Å². The maximum absolute atomic E-state index is 12.5. The molecule has 0 saturated carbocycles. The number of carbonyl (C=O) groups is 3. The summed E-state index contributed by atoms with van der Waals surface area (Å²) in [6, 6.07) is 7.41. The number of carboxylic acids is 1. The van der Waals surface area contributed by atoms with Crippen LogP contribution in [0.5, 0.6) is 0 Å². The summed E-state index contributed by atoms with van der Waals surface area (Å²) in [4.78, 5) is 34.7. The molecule has 1 aromatic heterocycles. The highest BCUT2D eigenvalue weighted by atomic mass is 16.6. The number of aromatic nitrogens is 1. The molecule has 1 N–H and O–H groups in total. The molecule has 2 aromatic rings. The van der Waals surface area contributed by atoms with Crippen LogP contribution in [0.2, 0.25) is 0 Å². The van der Waals surface area contributed by atoms with Gasteiger partial charge in [-0.25, -0.2) is 0 Å². The van der Waals surface area contributed by atoms with Gasteiger partial charge in [0.25, 0.3) is 0 Å². The highest BCUT2D eigenvalue weighted by Gasteiger charge is 2.27. The quantitative estimate of drug-likeness (QED) is 0.616. The van der Waals surface area contributed by atoms with Crippen molar-refractivity contribution in [2.75, 3.05) is 0 Å². The van der Waals surface area contributed by atoms with Crippen LogP contribution in [0, 0.1) is 5.92 Å². The Morgan fingerprint density at radius 3 is 2.56 bits per heavy atom. The van der Waals surface area contributed by atoms with Crippen molar-refractivity contribution in [3.63, 3.8) is 0 Å². The standard InChI is InChI=1S/C19H23NO5/c1-19(2,3)25-18(24)13(8-9-17(22)23)10-14-11-20(12-21)16-7-5-4-6-15(14)16/h4-7,11-13H,8-10H2,1-3H3,(H,22,23). The van der Waals surface area contributed by atoms with E-state index in [0.717, 1.165) is 16.5 Å². The summed E-state index contributed by atoms with van der Waals surface area (Å²) in [5.74, 6) is -1.96. The maximum Gasteiger partial charge on any atom is 0.309 e. The number of hydrogen-bond donors (Lipinski definition) is 1. The first-order chi connectivity index (χ1) is 11.7. The van der Waals surface area contributed by atoms with Gasteiger partial charge in [-0.3, -0.25) is 19.0 Å².